The van der Waals surface area contributed by atoms with Crippen LogP contribution in [0.25, 0.3) is 10.8 Å². The molecule has 5 heteroatoms. The summed E-state index contributed by atoms with van der Waals surface area (Å²) in [7, 11) is -0.222. The molecule has 0 saturated carbocycles. The number of hydrogen-bond acceptors (Lipinski definition) is 1. The fourth-order valence-corrected chi connectivity index (χ4v) is 4.56. The first-order valence-electron chi connectivity index (χ1n) is 7.65. The van der Waals surface area contributed by atoms with Crippen LogP contribution in [0.5, 0.6) is 0 Å². The molecule has 0 amide bonds. The minimum atomic E-state index is -0.222. The Labute approximate surface area is 188 Å². The zero-order valence-corrected chi connectivity index (χ0v) is 20.4. The third-order valence-corrected chi connectivity index (χ3v) is 5.57. The molecule has 2 aliphatic rings. The quantitative estimate of drug-likeness (QED) is 0.389. The van der Waals surface area contributed by atoms with Gasteiger partial charge in [0.05, 0.1) is 0 Å². The smallest absolute Gasteiger partial charge is 1.00 e. The van der Waals surface area contributed by atoms with Crippen LogP contribution in [-0.4, -0.2) is 19.8 Å². The van der Waals surface area contributed by atoms with Crippen LogP contribution in [0.2, 0.25) is 13.1 Å². The van der Waals surface area contributed by atoms with Crippen LogP contribution in [0.15, 0.2) is 70.7 Å². The molecule has 0 nitrogen and oxygen atoms in total. The first-order chi connectivity index (χ1) is 10.6. The Morgan fingerprint density at radius 3 is 2.48 bits per heavy atom. The Hall–Kier alpha value is -0.0500. The second kappa shape index (κ2) is 11.6. The molecule has 0 bridgehead atoms. The second-order valence-electron chi connectivity index (χ2n) is 6.01. The number of benzene rings is 1. The molecule has 1 heterocycles. The number of halogens is 2. The van der Waals surface area contributed by atoms with Crippen LogP contribution in [0, 0.1) is 6.92 Å². The summed E-state index contributed by atoms with van der Waals surface area (Å²) in [5.41, 5.74) is 6.65. The van der Waals surface area contributed by atoms with Crippen LogP contribution in [-0.2, 0) is 26.2 Å². The maximum absolute atomic E-state index is 2.41. The average molecular weight is 484 g/mol. The van der Waals surface area contributed by atoms with E-state index in [4.69, 9.17) is 0 Å². The summed E-state index contributed by atoms with van der Waals surface area (Å²) in [5.74, 6) is 1.17. The van der Waals surface area contributed by atoms with Crippen molar-refractivity contribution < 1.29 is 51.0 Å². The molecular weight excluding hydrogens is 463 g/mol. The third-order valence-electron chi connectivity index (χ3n) is 3.66. The minimum Gasteiger partial charge on any atom is -1.00 e. The second-order valence-corrected chi connectivity index (χ2v) is 9.51. The van der Waals surface area contributed by atoms with Gasteiger partial charge in [-0.05, 0) is 23.3 Å². The molecule has 0 atom stereocenters. The summed E-state index contributed by atoms with van der Waals surface area (Å²) in [6.45, 7) is 6.76. The van der Waals surface area contributed by atoms with E-state index in [1.165, 1.54) is 38.1 Å². The predicted molar refractivity (Wildman–Crippen MR) is 105 cm³/mol. The number of allylic oxidation sites excluding steroid dienone is 4. The summed E-state index contributed by atoms with van der Waals surface area (Å²) >= 11 is 1.95. The van der Waals surface area contributed by atoms with Gasteiger partial charge in [0.2, 0.25) is 0 Å². The van der Waals surface area contributed by atoms with E-state index in [1.807, 2.05) is 11.8 Å². The number of fused-ring (bicyclic) bond motifs is 2. The molecule has 4 rings (SSSR count). The molecule has 2 aromatic rings. The number of hydrogen-bond donors (Lipinski definition) is 0. The molecule has 0 aromatic heterocycles. The largest absolute Gasteiger partial charge is 3.00 e. The van der Waals surface area contributed by atoms with Gasteiger partial charge in [0, 0.05) is 19.1 Å². The first-order valence-corrected chi connectivity index (χ1v) is 11.2. The third kappa shape index (κ3) is 6.88. The molecule has 0 spiro atoms. The van der Waals surface area contributed by atoms with Crippen LogP contribution >= 0.6 is 11.8 Å². The molecule has 0 N–H and O–H groups in total. The van der Waals surface area contributed by atoms with Gasteiger partial charge in [0.15, 0.2) is 0 Å². The molecule has 25 heavy (non-hydrogen) atoms. The normalized spacial score (nSPS) is 13.6. The van der Waals surface area contributed by atoms with Crippen molar-refractivity contribution in [1.82, 2.24) is 0 Å². The molecule has 0 saturated heterocycles. The Bertz CT molecular complexity index is 794. The van der Waals surface area contributed by atoms with Crippen molar-refractivity contribution in [3.8, 4) is 0 Å². The maximum Gasteiger partial charge on any atom is 3.00 e. The fourth-order valence-electron chi connectivity index (χ4n) is 2.76. The standard InChI is InChI=1S/C10H12SSi.C10H9.2ClH.Zr/c1-12(2)7-8-5-9-3-4-11-10(9)6-8;1-8-6-9-4-2-3-5-10(9)7-8;;;/h3,5-7H,4H2,1-2H3;2-7H,1H3;2*1H;/q;-1;;;+3/p-2. The monoisotopic (exact) mass is 481 g/mol. The van der Waals surface area contributed by atoms with Gasteiger partial charge in [-0.3, -0.25) is 0 Å². The van der Waals surface area contributed by atoms with Crippen LogP contribution in [0.4, 0.5) is 0 Å². The maximum atomic E-state index is 2.41. The fraction of sp³-hybridized carbons (Fsp3) is 0.200. The number of rotatable bonds is 1. The summed E-state index contributed by atoms with van der Waals surface area (Å²) in [6.07, 6.45) is 6.95. The molecule has 129 valence electrons. The van der Waals surface area contributed by atoms with E-state index in [0.29, 0.717) is 0 Å². The number of aryl methyl sites for hydroxylation is 1. The van der Waals surface area contributed by atoms with E-state index >= 15 is 0 Å². The van der Waals surface area contributed by atoms with Crippen molar-refractivity contribution in [1.29, 1.82) is 0 Å². The zero-order valence-electron chi connectivity index (χ0n) is 14.6. The molecule has 1 aliphatic heterocycles. The molecule has 1 radical (unpaired) electrons. The van der Waals surface area contributed by atoms with Crippen LogP contribution in [0.3, 0.4) is 0 Å². The van der Waals surface area contributed by atoms with Crippen LogP contribution < -0.4 is 24.8 Å². The summed E-state index contributed by atoms with van der Waals surface area (Å²) < 4.78 is 0. The van der Waals surface area contributed by atoms with E-state index in [9.17, 15) is 0 Å². The SMILES string of the molecule is C[Si](C)=CC1=CC2=CCSC2=C1.Cc1cc2ccccc2[cH-]1.[Cl-].[Cl-].[Zr+3]. The van der Waals surface area contributed by atoms with Crippen LogP contribution in [0.1, 0.15) is 5.56 Å². The van der Waals surface area contributed by atoms with Gasteiger partial charge in [-0.15, -0.1) is 52.4 Å². The van der Waals surface area contributed by atoms with Crippen molar-refractivity contribution in [2.24, 2.45) is 0 Å². The van der Waals surface area contributed by atoms with Crippen molar-refractivity contribution in [3.05, 3.63) is 76.2 Å². The Morgan fingerprint density at radius 2 is 1.84 bits per heavy atom. The van der Waals surface area contributed by atoms with Crippen molar-refractivity contribution >= 4 is 36.6 Å². The topological polar surface area (TPSA) is 0 Å². The summed E-state index contributed by atoms with van der Waals surface area (Å²) in [5, 5.41) is 2.69. The Balaban J connectivity index is 0.000000416. The van der Waals surface area contributed by atoms with Gasteiger partial charge in [-0.1, -0.05) is 37.8 Å². The number of thioether (sulfide) groups is 1. The van der Waals surface area contributed by atoms with E-state index in [2.05, 4.69) is 80.3 Å². The van der Waals surface area contributed by atoms with Gasteiger partial charge in [0.25, 0.3) is 0 Å². The molecule has 0 fully saturated rings. The molecule has 0 unspecified atom stereocenters. The van der Waals surface area contributed by atoms with Crippen molar-refractivity contribution in [2.75, 3.05) is 5.75 Å². The first kappa shape index (κ1) is 24.9. The summed E-state index contributed by atoms with van der Waals surface area (Å²) in [6, 6.07) is 12.8. The molecular formula is C20H21Cl2SSiZr. The molecule has 2 aromatic carbocycles. The van der Waals surface area contributed by atoms with Crippen molar-refractivity contribution in [3.63, 3.8) is 0 Å². The van der Waals surface area contributed by atoms with Gasteiger partial charge in [-0.2, -0.15) is 6.07 Å². The Kier molecular flexibility index (Phi) is 11.6. The van der Waals surface area contributed by atoms with Gasteiger partial charge in [0.1, 0.15) is 0 Å². The average Bonchev–Trinajstić information content (AvgIpc) is 3.11. The predicted octanol–water partition coefficient (Wildman–Crippen LogP) is -0.506. The van der Waals surface area contributed by atoms with Gasteiger partial charge >= 0.3 is 26.2 Å². The summed E-state index contributed by atoms with van der Waals surface area (Å²) in [4.78, 5) is 1.48. The van der Waals surface area contributed by atoms with E-state index < -0.39 is 0 Å². The van der Waals surface area contributed by atoms with Gasteiger partial charge < -0.3 is 24.8 Å². The minimum absolute atomic E-state index is 0. The van der Waals surface area contributed by atoms with E-state index in [-0.39, 0.29) is 59.4 Å². The van der Waals surface area contributed by atoms with E-state index in [0.717, 1.165) is 0 Å². The van der Waals surface area contributed by atoms with Gasteiger partial charge in [-0.25, -0.2) is 0 Å². The Morgan fingerprint density at radius 1 is 1.12 bits per heavy atom. The van der Waals surface area contributed by atoms with Crippen molar-refractivity contribution in [2.45, 2.75) is 20.0 Å². The zero-order chi connectivity index (χ0) is 15.5. The van der Waals surface area contributed by atoms with E-state index in [1.54, 1.807) is 0 Å². The molecule has 1 aliphatic carbocycles.